The van der Waals surface area contributed by atoms with Gasteiger partial charge in [0.15, 0.2) is 0 Å². The van der Waals surface area contributed by atoms with Gasteiger partial charge in [0, 0.05) is 31.8 Å². The molecule has 2 aliphatic carbocycles. The third kappa shape index (κ3) is 4.44. The van der Waals surface area contributed by atoms with Gasteiger partial charge < -0.3 is 10.1 Å². The zero-order valence-electron chi connectivity index (χ0n) is 13.0. The first-order valence-electron chi connectivity index (χ1n) is 8.24. The Morgan fingerprint density at radius 3 is 2.68 bits per heavy atom. The Balaban J connectivity index is 1.83. The van der Waals surface area contributed by atoms with Gasteiger partial charge in [-0.25, -0.2) is 0 Å². The molecule has 2 aliphatic rings. The topological polar surface area (TPSA) is 24.5 Å². The average Bonchev–Trinajstić information content (AvgIpc) is 3.17. The lowest BCUT2D eigenvalue weighted by atomic mass is 10.1. The Hall–Kier alpha value is -0.120. The SMILES string of the molecule is CCCNC1CCC(N(CCOC)C(C)C2CC2)C1. The Bertz CT molecular complexity index is 255. The van der Waals surface area contributed by atoms with Crippen molar-refractivity contribution < 1.29 is 4.74 Å². The first-order valence-corrected chi connectivity index (χ1v) is 8.24. The molecule has 0 spiro atoms. The van der Waals surface area contributed by atoms with E-state index in [1.54, 1.807) is 0 Å². The van der Waals surface area contributed by atoms with Crippen LogP contribution in [0.3, 0.4) is 0 Å². The highest BCUT2D eigenvalue weighted by atomic mass is 16.5. The van der Waals surface area contributed by atoms with Crippen molar-refractivity contribution in [1.82, 2.24) is 10.2 Å². The van der Waals surface area contributed by atoms with Crippen LogP contribution in [0.1, 0.15) is 52.4 Å². The normalized spacial score (nSPS) is 29.1. The van der Waals surface area contributed by atoms with Crippen LogP contribution >= 0.6 is 0 Å². The molecule has 0 saturated heterocycles. The summed E-state index contributed by atoms with van der Waals surface area (Å²) in [5, 5.41) is 3.70. The molecule has 3 nitrogen and oxygen atoms in total. The van der Waals surface area contributed by atoms with Crippen molar-refractivity contribution in [2.24, 2.45) is 5.92 Å². The lowest BCUT2D eigenvalue weighted by Gasteiger charge is -2.34. The van der Waals surface area contributed by atoms with E-state index < -0.39 is 0 Å². The summed E-state index contributed by atoms with van der Waals surface area (Å²) in [6, 6.07) is 2.28. The zero-order valence-corrected chi connectivity index (χ0v) is 13.0. The van der Waals surface area contributed by atoms with E-state index in [0.29, 0.717) is 0 Å². The molecule has 3 heteroatoms. The quantitative estimate of drug-likeness (QED) is 0.696. The van der Waals surface area contributed by atoms with Gasteiger partial charge in [-0.1, -0.05) is 6.92 Å². The van der Waals surface area contributed by atoms with E-state index in [9.17, 15) is 0 Å². The highest BCUT2D eigenvalue weighted by molar-refractivity contribution is 4.93. The Labute approximate surface area is 119 Å². The molecule has 2 fully saturated rings. The molecule has 0 aromatic rings. The van der Waals surface area contributed by atoms with E-state index in [2.05, 4.69) is 24.1 Å². The molecule has 0 aromatic heterocycles. The molecule has 0 aliphatic heterocycles. The van der Waals surface area contributed by atoms with E-state index in [0.717, 1.165) is 37.2 Å². The van der Waals surface area contributed by atoms with Crippen LogP contribution in [0.2, 0.25) is 0 Å². The van der Waals surface area contributed by atoms with Crippen LogP contribution < -0.4 is 5.32 Å². The summed E-state index contributed by atoms with van der Waals surface area (Å²) in [5.74, 6) is 0.958. The summed E-state index contributed by atoms with van der Waals surface area (Å²) in [6.07, 6.45) is 8.17. The summed E-state index contributed by atoms with van der Waals surface area (Å²) in [5.41, 5.74) is 0. The van der Waals surface area contributed by atoms with E-state index in [-0.39, 0.29) is 0 Å². The van der Waals surface area contributed by atoms with E-state index in [1.807, 2.05) is 7.11 Å². The number of hydrogen-bond donors (Lipinski definition) is 1. The van der Waals surface area contributed by atoms with Crippen LogP contribution in [0, 0.1) is 5.92 Å². The molecule has 112 valence electrons. The zero-order chi connectivity index (χ0) is 13.7. The minimum absolute atomic E-state index is 0.751. The number of nitrogens with zero attached hydrogens (tertiary/aromatic N) is 1. The second kappa shape index (κ2) is 7.61. The molecule has 2 rings (SSSR count). The number of rotatable bonds is 9. The van der Waals surface area contributed by atoms with Crippen molar-refractivity contribution in [3.63, 3.8) is 0 Å². The largest absolute Gasteiger partial charge is 0.383 e. The van der Waals surface area contributed by atoms with Gasteiger partial charge in [-0.05, 0) is 57.9 Å². The Kier molecular flexibility index (Phi) is 6.11. The Morgan fingerprint density at radius 1 is 1.26 bits per heavy atom. The fourth-order valence-corrected chi connectivity index (χ4v) is 3.56. The minimum atomic E-state index is 0.751. The molecule has 19 heavy (non-hydrogen) atoms. The minimum Gasteiger partial charge on any atom is -0.383 e. The van der Waals surface area contributed by atoms with Gasteiger partial charge in [-0.3, -0.25) is 4.90 Å². The highest BCUT2D eigenvalue weighted by Gasteiger charge is 2.37. The molecule has 0 aromatic carbocycles. The standard InChI is InChI=1S/C16H32N2O/c1-4-9-17-15-7-8-16(12-15)18(10-11-19-3)13(2)14-5-6-14/h13-17H,4-12H2,1-3H3. The van der Waals surface area contributed by atoms with Gasteiger partial charge in [0.2, 0.25) is 0 Å². The lowest BCUT2D eigenvalue weighted by molar-refractivity contribution is 0.0821. The maximum absolute atomic E-state index is 5.32. The molecule has 0 heterocycles. The second-order valence-electron chi connectivity index (χ2n) is 6.43. The Morgan fingerprint density at radius 2 is 2.05 bits per heavy atom. The second-order valence-corrected chi connectivity index (χ2v) is 6.43. The van der Waals surface area contributed by atoms with Crippen molar-refractivity contribution in [2.75, 3.05) is 26.8 Å². The molecule has 3 unspecified atom stereocenters. The fraction of sp³-hybridized carbons (Fsp3) is 1.00. The van der Waals surface area contributed by atoms with Crippen LogP contribution in [0.25, 0.3) is 0 Å². The predicted octanol–water partition coefficient (Wildman–Crippen LogP) is 2.65. The molecule has 2 saturated carbocycles. The summed E-state index contributed by atoms with van der Waals surface area (Å²) in [7, 11) is 1.82. The van der Waals surface area contributed by atoms with Gasteiger partial charge in [-0.15, -0.1) is 0 Å². The monoisotopic (exact) mass is 268 g/mol. The van der Waals surface area contributed by atoms with Crippen LogP contribution in [0.5, 0.6) is 0 Å². The van der Waals surface area contributed by atoms with Crippen molar-refractivity contribution >= 4 is 0 Å². The first-order chi connectivity index (χ1) is 9.26. The number of hydrogen-bond acceptors (Lipinski definition) is 3. The maximum atomic E-state index is 5.32. The number of methoxy groups -OCH3 is 1. The molecule has 3 atom stereocenters. The molecule has 0 radical (unpaired) electrons. The molecule has 0 bridgehead atoms. The lowest BCUT2D eigenvalue weighted by Crippen LogP contribution is -2.44. The summed E-state index contributed by atoms with van der Waals surface area (Å²) < 4.78 is 5.32. The van der Waals surface area contributed by atoms with Gasteiger partial charge in [0.05, 0.1) is 6.61 Å². The smallest absolute Gasteiger partial charge is 0.0589 e. The maximum Gasteiger partial charge on any atom is 0.0589 e. The number of ether oxygens (including phenoxy) is 1. The molecule has 0 amide bonds. The van der Waals surface area contributed by atoms with Crippen LogP contribution in [0.15, 0.2) is 0 Å². The average molecular weight is 268 g/mol. The van der Waals surface area contributed by atoms with Crippen LogP contribution in [-0.2, 0) is 4.74 Å². The number of nitrogens with one attached hydrogen (secondary N) is 1. The first kappa shape index (κ1) is 15.3. The molecule has 1 N–H and O–H groups in total. The van der Waals surface area contributed by atoms with Crippen molar-refractivity contribution in [3.05, 3.63) is 0 Å². The fourth-order valence-electron chi connectivity index (χ4n) is 3.56. The molecular weight excluding hydrogens is 236 g/mol. The summed E-state index contributed by atoms with van der Waals surface area (Å²) in [6.45, 7) is 7.84. The van der Waals surface area contributed by atoms with Gasteiger partial charge in [-0.2, -0.15) is 0 Å². The third-order valence-corrected chi connectivity index (χ3v) is 4.94. The molecular formula is C16H32N2O. The van der Waals surface area contributed by atoms with Crippen molar-refractivity contribution in [2.45, 2.75) is 70.5 Å². The van der Waals surface area contributed by atoms with Crippen LogP contribution in [-0.4, -0.2) is 49.8 Å². The summed E-state index contributed by atoms with van der Waals surface area (Å²) in [4.78, 5) is 2.74. The van der Waals surface area contributed by atoms with E-state index in [1.165, 1.54) is 45.1 Å². The van der Waals surface area contributed by atoms with E-state index >= 15 is 0 Å². The van der Waals surface area contributed by atoms with Gasteiger partial charge in [0.1, 0.15) is 0 Å². The van der Waals surface area contributed by atoms with Gasteiger partial charge >= 0.3 is 0 Å². The third-order valence-electron chi connectivity index (χ3n) is 4.94. The van der Waals surface area contributed by atoms with Crippen LogP contribution in [0.4, 0.5) is 0 Å². The highest BCUT2D eigenvalue weighted by Crippen LogP contribution is 2.37. The van der Waals surface area contributed by atoms with Gasteiger partial charge in [0.25, 0.3) is 0 Å². The summed E-state index contributed by atoms with van der Waals surface area (Å²) >= 11 is 0. The van der Waals surface area contributed by atoms with E-state index in [4.69, 9.17) is 4.74 Å². The predicted molar refractivity (Wildman–Crippen MR) is 80.5 cm³/mol. The van der Waals surface area contributed by atoms with Crippen molar-refractivity contribution in [1.29, 1.82) is 0 Å². The van der Waals surface area contributed by atoms with Crippen molar-refractivity contribution in [3.8, 4) is 0 Å².